The van der Waals surface area contributed by atoms with E-state index in [9.17, 15) is 9.90 Å². The van der Waals surface area contributed by atoms with Gasteiger partial charge >= 0.3 is 0 Å². The number of benzene rings is 1. The van der Waals surface area contributed by atoms with E-state index in [1.807, 2.05) is 0 Å². The van der Waals surface area contributed by atoms with Gasteiger partial charge in [0.2, 0.25) is 0 Å². The van der Waals surface area contributed by atoms with E-state index in [1.54, 1.807) is 6.07 Å². The number of primary amides is 1. The quantitative estimate of drug-likeness (QED) is 0.653. The lowest BCUT2D eigenvalue weighted by Crippen LogP contribution is -2.12. The van der Waals surface area contributed by atoms with E-state index < -0.39 is 5.91 Å². The summed E-state index contributed by atoms with van der Waals surface area (Å²) >= 11 is 3.23. The first-order valence-electron chi connectivity index (χ1n) is 4.47. The monoisotopic (exact) mass is 296 g/mol. The number of aromatic hydroxyl groups is 1. The predicted molar refractivity (Wildman–Crippen MR) is 65.1 cm³/mol. The summed E-state index contributed by atoms with van der Waals surface area (Å²) in [6.07, 6.45) is 1.28. The van der Waals surface area contributed by atoms with Crippen molar-refractivity contribution >= 4 is 27.9 Å². The summed E-state index contributed by atoms with van der Waals surface area (Å²) < 4.78 is 5.47. The molecule has 0 aliphatic rings. The van der Waals surface area contributed by atoms with Crippen LogP contribution >= 0.6 is 15.9 Å². The Labute approximate surface area is 106 Å². The van der Waals surface area contributed by atoms with Gasteiger partial charge in [0.25, 0.3) is 5.91 Å². The summed E-state index contributed by atoms with van der Waals surface area (Å²) in [4.78, 5) is 10.9. The lowest BCUT2D eigenvalue weighted by molar-refractivity contribution is -0.114. The first-order chi connectivity index (χ1) is 7.99. The molecule has 1 aromatic carbocycles. The highest BCUT2D eigenvalue weighted by molar-refractivity contribution is 9.10. The average molecular weight is 297 g/mol. The molecule has 0 radical (unpaired) electrons. The van der Waals surface area contributed by atoms with Crippen molar-refractivity contribution in [1.82, 2.24) is 0 Å². The molecule has 0 saturated carbocycles. The number of hydrogen-bond acceptors (Lipinski definition) is 4. The molecule has 0 spiro atoms. The average Bonchev–Trinajstić information content (AvgIpc) is 2.29. The fourth-order valence-corrected chi connectivity index (χ4v) is 1.58. The smallest absolute Gasteiger partial charge is 0.259 e. The van der Waals surface area contributed by atoms with Gasteiger partial charge in [-0.3, -0.25) is 4.79 Å². The number of nitriles is 1. The minimum Gasteiger partial charge on any atom is -0.504 e. The van der Waals surface area contributed by atoms with Crippen molar-refractivity contribution < 1.29 is 14.6 Å². The van der Waals surface area contributed by atoms with E-state index in [0.717, 1.165) is 0 Å². The highest BCUT2D eigenvalue weighted by atomic mass is 79.9. The molecule has 0 fully saturated rings. The molecule has 17 heavy (non-hydrogen) atoms. The molecule has 0 aromatic heterocycles. The normalized spacial score (nSPS) is 10.8. The second-order valence-electron chi connectivity index (χ2n) is 3.08. The Morgan fingerprint density at radius 1 is 1.65 bits per heavy atom. The van der Waals surface area contributed by atoms with Crippen LogP contribution < -0.4 is 10.5 Å². The standard InChI is InChI=1S/C11H9BrN2O3/c1-17-10-4-8(12)6(3-9(10)15)2-7(5-13)11(14)16/h2-4,15H,1H3,(H2,14,16)/b7-2+. The van der Waals surface area contributed by atoms with Crippen molar-refractivity contribution in [3.8, 4) is 17.6 Å². The fraction of sp³-hybridized carbons (Fsp3) is 0.0909. The minimum absolute atomic E-state index is 0.0938. The maximum atomic E-state index is 10.9. The number of ether oxygens (including phenoxy) is 1. The maximum Gasteiger partial charge on any atom is 0.259 e. The third kappa shape index (κ3) is 2.98. The van der Waals surface area contributed by atoms with Crippen LogP contribution in [0.5, 0.6) is 11.5 Å². The lowest BCUT2D eigenvalue weighted by atomic mass is 10.1. The predicted octanol–water partition coefficient (Wildman–Crippen LogP) is 1.56. The zero-order chi connectivity index (χ0) is 13.0. The third-order valence-corrected chi connectivity index (χ3v) is 2.67. The molecule has 1 amide bonds. The van der Waals surface area contributed by atoms with Crippen LogP contribution in [-0.4, -0.2) is 18.1 Å². The van der Waals surface area contributed by atoms with E-state index in [4.69, 9.17) is 15.7 Å². The lowest BCUT2D eigenvalue weighted by Gasteiger charge is -2.06. The second kappa shape index (κ2) is 5.37. The molecule has 0 heterocycles. The van der Waals surface area contributed by atoms with Crippen LogP contribution in [0.25, 0.3) is 6.08 Å². The number of amides is 1. The van der Waals surface area contributed by atoms with E-state index in [-0.39, 0.29) is 17.1 Å². The van der Waals surface area contributed by atoms with Gasteiger partial charge < -0.3 is 15.6 Å². The van der Waals surface area contributed by atoms with Crippen molar-refractivity contribution in [3.05, 3.63) is 27.7 Å². The molecule has 0 atom stereocenters. The second-order valence-corrected chi connectivity index (χ2v) is 3.93. The topological polar surface area (TPSA) is 96.3 Å². The number of phenolic OH excluding ortho intramolecular Hbond substituents is 1. The van der Waals surface area contributed by atoms with Gasteiger partial charge in [-0.15, -0.1) is 0 Å². The molecule has 6 heteroatoms. The fourth-order valence-electron chi connectivity index (χ4n) is 1.15. The molecular weight excluding hydrogens is 288 g/mol. The summed E-state index contributed by atoms with van der Waals surface area (Å²) in [6.45, 7) is 0. The number of nitrogens with two attached hydrogens (primary N) is 1. The van der Waals surface area contributed by atoms with E-state index in [2.05, 4.69) is 15.9 Å². The van der Waals surface area contributed by atoms with Crippen LogP contribution in [0.2, 0.25) is 0 Å². The van der Waals surface area contributed by atoms with Gasteiger partial charge in [0.15, 0.2) is 11.5 Å². The molecule has 1 rings (SSSR count). The molecule has 5 nitrogen and oxygen atoms in total. The molecule has 0 aliphatic carbocycles. The summed E-state index contributed by atoms with van der Waals surface area (Å²) in [5.41, 5.74) is 5.27. The van der Waals surface area contributed by atoms with Crippen molar-refractivity contribution in [2.75, 3.05) is 7.11 Å². The highest BCUT2D eigenvalue weighted by Gasteiger charge is 2.09. The zero-order valence-corrected chi connectivity index (χ0v) is 10.5. The molecule has 0 aliphatic heterocycles. The van der Waals surface area contributed by atoms with Crippen molar-refractivity contribution in [2.24, 2.45) is 5.73 Å². The van der Waals surface area contributed by atoms with Gasteiger partial charge in [-0.1, -0.05) is 15.9 Å². The Balaban J connectivity index is 3.30. The first kappa shape index (κ1) is 13.1. The van der Waals surface area contributed by atoms with E-state index in [1.165, 1.54) is 25.3 Å². The molecule has 0 unspecified atom stereocenters. The van der Waals surface area contributed by atoms with Crippen LogP contribution in [0.3, 0.4) is 0 Å². The number of hydrogen-bond donors (Lipinski definition) is 2. The Hall–Kier alpha value is -2.00. The summed E-state index contributed by atoms with van der Waals surface area (Å²) in [5.74, 6) is -0.634. The molecule has 0 saturated heterocycles. The Morgan fingerprint density at radius 3 is 2.76 bits per heavy atom. The van der Waals surface area contributed by atoms with Gasteiger partial charge in [0.1, 0.15) is 11.6 Å². The van der Waals surface area contributed by atoms with Crippen molar-refractivity contribution in [2.45, 2.75) is 0 Å². The summed E-state index contributed by atoms with van der Waals surface area (Å²) in [6, 6.07) is 4.57. The summed E-state index contributed by atoms with van der Waals surface area (Å²) in [5, 5.41) is 18.3. The van der Waals surface area contributed by atoms with E-state index in [0.29, 0.717) is 10.0 Å². The Bertz CT molecular complexity index is 532. The third-order valence-electron chi connectivity index (χ3n) is 1.98. The van der Waals surface area contributed by atoms with Gasteiger partial charge in [-0.2, -0.15) is 5.26 Å². The first-order valence-corrected chi connectivity index (χ1v) is 5.27. The van der Waals surface area contributed by atoms with Gasteiger partial charge in [-0.25, -0.2) is 0 Å². The van der Waals surface area contributed by atoms with Gasteiger partial charge in [0.05, 0.1) is 7.11 Å². The molecule has 3 N–H and O–H groups in total. The van der Waals surface area contributed by atoms with Crippen LogP contribution in [0.15, 0.2) is 22.2 Å². The highest BCUT2D eigenvalue weighted by Crippen LogP contribution is 2.33. The molecule has 88 valence electrons. The number of halogens is 1. The SMILES string of the molecule is COc1cc(Br)c(/C=C(\C#N)C(N)=O)cc1O. The van der Waals surface area contributed by atoms with Crippen molar-refractivity contribution in [3.63, 3.8) is 0 Å². The number of nitrogens with zero attached hydrogens (tertiary/aromatic N) is 1. The van der Waals surface area contributed by atoms with Gasteiger partial charge in [0, 0.05) is 4.47 Å². The molecular formula is C11H9BrN2O3. The number of phenols is 1. The van der Waals surface area contributed by atoms with Crippen LogP contribution in [0, 0.1) is 11.3 Å². The van der Waals surface area contributed by atoms with Gasteiger partial charge in [-0.05, 0) is 23.8 Å². The van der Waals surface area contributed by atoms with Crippen molar-refractivity contribution in [1.29, 1.82) is 5.26 Å². The van der Waals surface area contributed by atoms with Crippen LogP contribution in [-0.2, 0) is 4.79 Å². The molecule has 0 bridgehead atoms. The maximum absolute atomic E-state index is 10.9. The number of carbonyl (C=O) groups is 1. The summed E-state index contributed by atoms with van der Waals surface area (Å²) in [7, 11) is 1.42. The Morgan fingerprint density at radius 2 is 2.29 bits per heavy atom. The number of carbonyl (C=O) groups excluding carboxylic acids is 1. The molecule has 1 aromatic rings. The number of methoxy groups -OCH3 is 1. The largest absolute Gasteiger partial charge is 0.504 e. The number of rotatable bonds is 3. The van der Waals surface area contributed by atoms with E-state index >= 15 is 0 Å². The minimum atomic E-state index is -0.824. The van der Waals surface area contributed by atoms with Crippen LogP contribution in [0.4, 0.5) is 0 Å². The zero-order valence-electron chi connectivity index (χ0n) is 8.90. The Kier molecular flexibility index (Phi) is 4.12. The van der Waals surface area contributed by atoms with Crippen LogP contribution in [0.1, 0.15) is 5.56 Å².